The summed E-state index contributed by atoms with van der Waals surface area (Å²) in [6.07, 6.45) is 5.13. The number of thioether (sulfide) groups is 1. The Morgan fingerprint density at radius 3 is 3.15 bits per heavy atom. The number of hydrogen-bond acceptors (Lipinski definition) is 4. The summed E-state index contributed by atoms with van der Waals surface area (Å²) in [5.41, 5.74) is 0.567. The summed E-state index contributed by atoms with van der Waals surface area (Å²) < 4.78 is 5.20. The van der Waals surface area contributed by atoms with Crippen molar-refractivity contribution in [3.8, 4) is 5.88 Å². The smallest absolute Gasteiger partial charge is 0.259 e. The van der Waals surface area contributed by atoms with Crippen LogP contribution in [0.4, 0.5) is 0 Å². The molecule has 4 nitrogen and oxygen atoms in total. The van der Waals surface area contributed by atoms with Crippen molar-refractivity contribution >= 4 is 17.7 Å². The van der Waals surface area contributed by atoms with Gasteiger partial charge in [-0.15, -0.1) is 0 Å². The van der Waals surface area contributed by atoms with Gasteiger partial charge in [0.05, 0.1) is 7.11 Å². The maximum absolute atomic E-state index is 12.7. The fourth-order valence-corrected chi connectivity index (χ4v) is 3.64. The lowest BCUT2D eigenvalue weighted by molar-refractivity contribution is 0.0759. The van der Waals surface area contributed by atoms with Crippen molar-refractivity contribution in [2.45, 2.75) is 31.4 Å². The lowest BCUT2D eigenvalue weighted by atomic mass is 10.2. The van der Waals surface area contributed by atoms with Gasteiger partial charge in [-0.05, 0) is 30.7 Å². The number of likely N-dealkylation sites (tertiary alicyclic amines) is 1. The normalized spacial score (nSPS) is 19.5. The standard InChI is InChI=1S/C15H22N2O2S/c1-3-20-12-7-4-5-10-17(11-12)15(18)13-8-6-9-16-14(13)19-2/h6,8-9,12H,3-5,7,10-11H2,1-2H3. The molecule has 0 aliphatic carbocycles. The molecule has 1 aromatic rings. The molecule has 1 amide bonds. The maximum atomic E-state index is 12.7. The predicted octanol–water partition coefficient (Wildman–Crippen LogP) is 2.84. The lowest BCUT2D eigenvalue weighted by Crippen LogP contribution is -2.35. The predicted molar refractivity (Wildman–Crippen MR) is 82.5 cm³/mol. The summed E-state index contributed by atoms with van der Waals surface area (Å²) in [5.74, 6) is 1.56. The third kappa shape index (κ3) is 3.66. The first-order valence-corrected chi connectivity index (χ1v) is 8.21. The van der Waals surface area contributed by atoms with Gasteiger partial charge in [0, 0.05) is 24.5 Å². The second-order valence-corrected chi connectivity index (χ2v) is 6.46. The molecule has 1 unspecified atom stereocenters. The SMILES string of the molecule is CCSC1CCCCN(C(=O)c2cccnc2OC)C1. The molecule has 1 aliphatic rings. The van der Waals surface area contributed by atoms with Crippen LogP contribution in [0.5, 0.6) is 5.88 Å². The minimum Gasteiger partial charge on any atom is -0.480 e. The summed E-state index contributed by atoms with van der Waals surface area (Å²) in [7, 11) is 1.55. The third-order valence-electron chi connectivity index (χ3n) is 3.51. The topological polar surface area (TPSA) is 42.4 Å². The van der Waals surface area contributed by atoms with Crippen molar-refractivity contribution in [2.75, 3.05) is 26.0 Å². The van der Waals surface area contributed by atoms with Gasteiger partial charge in [-0.1, -0.05) is 13.3 Å². The summed E-state index contributed by atoms with van der Waals surface area (Å²) >= 11 is 1.95. The van der Waals surface area contributed by atoms with Crippen LogP contribution in [-0.4, -0.2) is 47.0 Å². The van der Waals surface area contributed by atoms with Crippen LogP contribution in [0.1, 0.15) is 36.5 Å². The Labute approximate surface area is 124 Å². The van der Waals surface area contributed by atoms with Crippen LogP contribution >= 0.6 is 11.8 Å². The summed E-state index contributed by atoms with van der Waals surface area (Å²) in [5, 5.41) is 0.550. The molecule has 1 fully saturated rings. The minimum absolute atomic E-state index is 0.0403. The highest BCUT2D eigenvalue weighted by Crippen LogP contribution is 2.24. The van der Waals surface area contributed by atoms with Crippen molar-refractivity contribution in [3.63, 3.8) is 0 Å². The van der Waals surface area contributed by atoms with Gasteiger partial charge in [0.25, 0.3) is 5.91 Å². The average molecular weight is 294 g/mol. The van der Waals surface area contributed by atoms with E-state index in [1.807, 2.05) is 16.7 Å². The first kappa shape index (κ1) is 15.2. The Kier molecular flexibility index (Phi) is 5.71. The Bertz CT molecular complexity index is 453. The number of aromatic nitrogens is 1. The Hall–Kier alpha value is -1.23. The van der Waals surface area contributed by atoms with Crippen LogP contribution in [0, 0.1) is 0 Å². The van der Waals surface area contributed by atoms with Crippen molar-refractivity contribution in [3.05, 3.63) is 23.9 Å². The fraction of sp³-hybridized carbons (Fsp3) is 0.600. The van der Waals surface area contributed by atoms with E-state index in [4.69, 9.17) is 4.74 Å². The Morgan fingerprint density at radius 2 is 2.40 bits per heavy atom. The Morgan fingerprint density at radius 1 is 1.55 bits per heavy atom. The molecular weight excluding hydrogens is 272 g/mol. The zero-order valence-corrected chi connectivity index (χ0v) is 13.0. The van der Waals surface area contributed by atoms with Crippen molar-refractivity contribution in [2.24, 2.45) is 0 Å². The summed E-state index contributed by atoms with van der Waals surface area (Å²) in [6, 6.07) is 3.58. The quantitative estimate of drug-likeness (QED) is 0.856. The number of pyridine rings is 1. The van der Waals surface area contributed by atoms with Crippen LogP contribution in [0.15, 0.2) is 18.3 Å². The van der Waals surface area contributed by atoms with Gasteiger partial charge >= 0.3 is 0 Å². The highest BCUT2D eigenvalue weighted by Gasteiger charge is 2.25. The molecule has 0 aromatic carbocycles. The number of nitrogens with zero attached hydrogens (tertiary/aromatic N) is 2. The van der Waals surface area contributed by atoms with Gasteiger partial charge in [0.2, 0.25) is 5.88 Å². The van der Waals surface area contributed by atoms with Gasteiger partial charge in [-0.25, -0.2) is 4.98 Å². The number of ether oxygens (including phenoxy) is 1. The van der Waals surface area contributed by atoms with Crippen molar-refractivity contribution in [1.82, 2.24) is 9.88 Å². The van der Waals surface area contributed by atoms with Gasteiger partial charge in [0.15, 0.2) is 0 Å². The zero-order valence-electron chi connectivity index (χ0n) is 12.2. The van der Waals surface area contributed by atoms with E-state index in [9.17, 15) is 4.79 Å². The van der Waals surface area contributed by atoms with E-state index in [0.717, 1.165) is 25.3 Å². The molecule has 1 saturated heterocycles. The molecule has 1 aromatic heterocycles. The fourth-order valence-electron chi connectivity index (χ4n) is 2.55. The largest absolute Gasteiger partial charge is 0.480 e. The second kappa shape index (κ2) is 7.53. The molecule has 0 radical (unpaired) electrons. The van der Waals surface area contributed by atoms with Gasteiger partial charge in [0.1, 0.15) is 5.56 Å². The summed E-state index contributed by atoms with van der Waals surface area (Å²) in [4.78, 5) is 18.8. The van der Waals surface area contributed by atoms with E-state index in [0.29, 0.717) is 16.7 Å². The molecule has 1 atom stereocenters. The first-order chi connectivity index (χ1) is 9.76. The monoisotopic (exact) mass is 294 g/mol. The molecule has 110 valence electrons. The molecule has 2 heterocycles. The number of amides is 1. The minimum atomic E-state index is 0.0403. The molecule has 0 spiro atoms. The first-order valence-electron chi connectivity index (χ1n) is 7.16. The molecular formula is C15H22N2O2S. The number of rotatable bonds is 4. The Balaban J connectivity index is 2.14. The molecule has 0 N–H and O–H groups in total. The van der Waals surface area contributed by atoms with Crippen molar-refractivity contribution < 1.29 is 9.53 Å². The number of carbonyl (C=O) groups excluding carboxylic acids is 1. The molecule has 2 rings (SSSR count). The van der Waals surface area contributed by atoms with E-state index in [2.05, 4.69) is 11.9 Å². The molecule has 0 saturated carbocycles. The van der Waals surface area contributed by atoms with Gasteiger partial charge in [-0.2, -0.15) is 11.8 Å². The van der Waals surface area contributed by atoms with Crippen LogP contribution in [0.25, 0.3) is 0 Å². The van der Waals surface area contributed by atoms with E-state index in [1.165, 1.54) is 12.8 Å². The van der Waals surface area contributed by atoms with E-state index >= 15 is 0 Å². The van der Waals surface area contributed by atoms with Gasteiger partial charge < -0.3 is 9.64 Å². The number of methoxy groups -OCH3 is 1. The molecule has 0 bridgehead atoms. The van der Waals surface area contributed by atoms with Crippen LogP contribution in [-0.2, 0) is 0 Å². The highest BCUT2D eigenvalue weighted by atomic mass is 32.2. The van der Waals surface area contributed by atoms with Crippen LogP contribution in [0.2, 0.25) is 0 Å². The highest BCUT2D eigenvalue weighted by molar-refractivity contribution is 7.99. The lowest BCUT2D eigenvalue weighted by Gasteiger charge is -2.24. The average Bonchev–Trinajstić information content (AvgIpc) is 2.72. The zero-order chi connectivity index (χ0) is 14.4. The third-order valence-corrected chi connectivity index (χ3v) is 4.70. The molecule has 20 heavy (non-hydrogen) atoms. The number of hydrogen-bond donors (Lipinski definition) is 0. The molecule has 5 heteroatoms. The summed E-state index contributed by atoms with van der Waals surface area (Å²) in [6.45, 7) is 3.83. The van der Waals surface area contributed by atoms with Crippen LogP contribution in [0.3, 0.4) is 0 Å². The van der Waals surface area contributed by atoms with Gasteiger partial charge in [-0.3, -0.25) is 4.79 Å². The molecule has 1 aliphatic heterocycles. The van der Waals surface area contributed by atoms with Crippen molar-refractivity contribution in [1.29, 1.82) is 0 Å². The second-order valence-electron chi connectivity index (χ2n) is 4.88. The number of carbonyl (C=O) groups is 1. The van der Waals surface area contributed by atoms with E-state index in [-0.39, 0.29) is 5.91 Å². The van der Waals surface area contributed by atoms with Crippen LogP contribution < -0.4 is 4.74 Å². The van der Waals surface area contributed by atoms with E-state index in [1.54, 1.807) is 25.4 Å². The van der Waals surface area contributed by atoms with E-state index < -0.39 is 0 Å². The maximum Gasteiger partial charge on any atom is 0.259 e.